The summed E-state index contributed by atoms with van der Waals surface area (Å²) in [6.07, 6.45) is 0.802. The van der Waals surface area contributed by atoms with Gasteiger partial charge in [0, 0.05) is 21.7 Å². The van der Waals surface area contributed by atoms with E-state index in [1.807, 2.05) is 26.0 Å². The van der Waals surface area contributed by atoms with E-state index < -0.39 is 5.97 Å². The van der Waals surface area contributed by atoms with Crippen molar-refractivity contribution in [2.45, 2.75) is 25.2 Å². The van der Waals surface area contributed by atoms with E-state index in [1.54, 1.807) is 6.07 Å². The molecule has 2 aromatic rings. The van der Waals surface area contributed by atoms with E-state index in [9.17, 15) is 9.90 Å². The number of carboxylic acids is 1. The molecule has 0 N–H and O–H groups in total. The molecule has 0 aliphatic heterocycles. The number of para-hydroxylation sites is 1. The van der Waals surface area contributed by atoms with Crippen LogP contribution in [-0.2, 0) is 11.2 Å². The molecule has 3 nitrogen and oxygen atoms in total. The Morgan fingerprint density at radius 3 is 2.84 bits per heavy atom. The number of benzene rings is 1. The fourth-order valence-corrected chi connectivity index (χ4v) is 3.35. The third-order valence-electron chi connectivity index (χ3n) is 2.91. The molecule has 0 aliphatic rings. The van der Waals surface area contributed by atoms with Gasteiger partial charge in [0.2, 0.25) is 0 Å². The van der Waals surface area contributed by atoms with Gasteiger partial charge in [-0.15, -0.1) is 11.8 Å². The smallest absolute Gasteiger partial charge is 0.0902 e. The molecule has 0 saturated carbocycles. The number of hydrogen-bond donors (Lipinski definition) is 0. The fourth-order valence-electron chi connectivity index (χ4n) is 2.09. The highest BCUT2D eigenvalue weighted by atomic mass is 35.5. The van der Waals surface area contributed by atoms with Gasteiger partial charge in [-0.25, -0.2) is 0 Å². The van der Waals surface area contributed by atoms with Crippen molar-refractivity contribution in [3.05, 3.63) is 34.5 Å². The van der Waals surface area contributed by atoms with Gasteiger partial charge in [-0.3, -0.25) is 4.98 Å². The molecule has 1 aromatic carbocycles. The molecule has 1 aromatic heterocycles. The van der Waals surface area contributed by atoms with Crippen LogP contribution in [0, 0.1) is 6.92 Å². The van der Waals surface area contributed by atoms with Crippen molar-refractivity contribution in [1.29, 1.82) is 0 Å². The zero-order chi connectivity index (χ0) is 14.0. The number of aromatic nitrogens is 1. The minimum Gasteiger partial charge on any atom is -0.549 e. The molecule has 0 amide bonds. The number of rotatable bonds is 4. The fraction of sp³-hybridized carbons (Fsp3) is 0.286. The first-order chi connectivity index (χ1) is 9.04. The first-order valence-electron chi connectivity index (χ1n) is 5.95. The van der Waals surface area contributed by atoms with Crippen LogP contribution in [0.2, 0.25) is 5.02 Å². The number of thioether (sulfide) groups is 1. The van der Waals surface area contributed by atoms with Gasteiger partial charge in [-0.2, -0.15) is 0 Å². The van der Waals surface area contributed by atoms with Crippen LogP contribution in [0.25, 0.3) is 10.9 Å². The predicted octanol–water partition coefficient (Wildman–Crippen LogP) is 2.60. The minimum atomic E-state index is -1.07. The highest BCUT2D eigenvalue weighted by Crippen LogP contribution is 2.35. The molecule has 5 heteroatoms. The molecule has 0 radical (unpaired) electrons. The standard InChI is InChI=1S/C14H14ClNO2S/c1-3-9-8(2)16-13-10(5-4-6-11(13)15)14(9)19-7-12(17)18/h4-6H,3,7H2,1-2H3,(H,17,18)/p-1. The van der Waals surface area contributed by atoms with Gasteiger partial charge in [0.05, 0.1) is 16.5 Å². The summed E-state index contributed by atoms with van der Waals surface area (Å²) in [5, 5.41) is 12.2. The van der Waals surface area contributed by atoms with E-state index in [4.69, 9.17) is 11.6 Å². The summed E-state index contributed by atoms with van der Waals surface area (Å²) in [6.45, 7) is 3.95. The first-order valence-corrected chi connectivity index (χ1v) is 7.31. The van der Waals surface area contributed by atoms with Crippen molar-refractivity contribution in [3.8, 4) is 0 Å². The summed E-state index contributed by atoms with van der Waals surface area (Å²) in [4.78, 5) is 16.2. The highest BCUT2D eigenvalue weighted by molar-refractivity contribution is 8.00. The maximum Gasteiger partial charge on any atom is 0.0902 e. The normalized spacial score (nSPS) is 10.9. The molecular formula is C14H13ClNO2S-. The Hall–Kier alpha value is -1.26. The zero-order valence-electron chi connectivity index (χ0n) is 10.7. The molecule has 0 fully saturated rings. The SMILES string of the molecule is CCc1c(C)nc2c(Cl)cccc2c1SCC(=O)[O-]. The van der Waals surface area contributed by atoms with Crippen LogP contribution < -0.4 is 5.11 Å². The summed E-state index contributed by atoms with van der Waals surface area (Å²) in [7, 11) is 0. The van der Waals surface area contributed by atoms with Crippen molar-refractivity contribution in [2.24, 2.45) is 0 Å². The summed E-state index contributed by atoms with van der Waals surface area (Å²) in [5.41, 5.74) is 2.68. The van der Waals surface area contributed by atoms with Crippen LogP contribution in [0.4, 0.5) is 0 Å². The topological polar surface area (TPSA) is 53.0 Å². The van der Waals surface area contributed by atoms with Crippen LogP contribution in [0.15, 0.2) is 23.1 Å². The van der Waals surface area contributed by atoms with Crippen LogP contribution in [0.5, 0.6) is 0 Å². The number of hydrogen-bond acceptors (Lipinski definition) is 4. The Kier molecular flexibility index (Phi) is 4.32. The monoisotopic (exact) mass is 294 g/mol. The number of carbonyl (C=O) groups excluding carboxylic acids is 1. The number of fused-ring (bicyclic) bond motifs is 1. The van der Waals surface area contributed by atoms with Crippen molar-refractivity contribution in [3.63, 3.8) is 0 Å². The van der Waals surface area contributed by atoms with Gasteiger partial charge in [0.1, 0.15) is 0 Å². The molecule has 100 valence electrons. The number of pyridine rings is 1. The molecule has 1 heterocycles. The summed E-state index contributed by atoms with van der Waals surface area (Å²) in [5.74, 6) is -1.14. The van der Waals surface area contributed by atoms with Crippen molar-refractivity contribution >= 4 is 40.2 Å². The maximum absolute atomic E-state index is 10.7. The predicted molar refractivity (Wildman–Crippen MR) is 76.6 cm³/mol. The summed E-state index contributed by atoms with van der Waals surface area (Å²) in [6, 6.07) is 5.56. The van der Waals surface area contributed by atoms with E-state index in [0.29, 0.717) is 5.02 Å². The van der Waals surface area contributed by atoms with Crippen molar-refractivity contribution < 1.29 is 9.90 Å². The van der Waals surface area contributed by atoms with E-state index in [-0.39, 0.29) is 5.75 Å². The van der Waals surface area contributed by atoms with Crippen LogP contribution in [-0.4, -0.2) is 16.7 Å². The Labute approximate surface area is 121 Å². The maximum atomic E-state index is 10.7. The lowest BCUT2D eigenvalue weighted by atomic mass is 10.1. The minimum absolute atomic E-state index is 0.0714. The lowest BCUT2D eigenvalue weighted by molar-refractivity contribution is -0.301. The molecule has 0 bridgehead atoms. The number of carboxylic acid groups (broad SMARTS) is 1. The Balaban J connectivity index is 2.68. The third-order valence-corrected chi connectivity index (χ3v) is 4.35. The zero-order valence-corrected chi connectivity index (χ0v) is 12.3. The largest absolute Gasteiger partial charge is 0.549 e. The van der Waals surface area contributed by atoms with E-state index in [0.717, 1.165) is 33.5 Å². The lowest BCUT2D eigenvalue weighted by Crippen LogP contribution is -2.24. The van der Waals surface area contributed by atoms with E-state index in [1.165, 1.54) is 11.8 Å². The quantitative estimate of drug-likeness (QED) is 0.813. The number of aliphatic carboxylic acids is 1. The third kappa shape index (κ3) is 2.85. The van der Waals surface area contributed by atoms with Crippen molar-refractivity contribution in [1.82, 2.24) is 4.98 Å². The molecule has 19 heavy (non-hydrogen) atoms. The van der Waals surface area contributed by atoms with Gasteiger partial charge >= 0.3 is 0 Å². The highest BCUT2D eigenvalue weighted by Gasteiger charge is 2.13. The second-order valence-corrected chi connectivity index (χ2v) is 5.55. The van der Waals surface area contributed by atoms with Crippen LogP contribution in [0.1, 0.15) is 18.2 Å². The number of carbonyl (C=O) groups is 1. The molecular weight excluding hydrogens is 282 g/mol. The second-order valence-electron chi connectivity index (χ2n) is 4.16. The summed E-state index contributed by atoms with van der Waals surface area (Å²) >= 11 is 7.43. The number of nitrogens with zero attached hydrogens (tertiary/aromatic N) is 1. The Morgan fingerprint density at radius 1 is 1.47 bits per heavy atom. The molecule has 0 unspecified atom stereocenters. The lowest BCUT2D eigenvalue weighted by Gasteiger charge is -2.14. The molecule has 0 spiro atoms. The van der Waals surface area contributed by atoms with Crippen LogP contribution in [0.3, 0.4) is 0 Å². The molecule has 0 saturated heterocycles. The molecule has 0 atom stereocenters. The molecule has 0 aliphatic carbocycles. The summed E-state index contributed by atoms with van der Waals surface area (Å²) < 4.78 is 0. The number of aryl methyl sites for hydroxylation is 1. The van der Waals surface area contributed by atoms with Gasteiger partial charge in [-0.05, 0) is 25.0 Å². The average Bonchev–Trinajstić information content (AvgIpc) is 2.36. The van der Waals surface area contributed by atoms with Gasteiger partial charge in [0.25, 0.3) is 0 Å². The first kappa shape index (κ1) is 14.2. The van der Waals surface area contributed by atoms with Gasteiger partial charge < -0.3 is 9.90 Å². The van der Waals surface area contributed by atoms with E-state index >= 15 is 0 Å². The van der Waals surface area contributed by atoms with Gasteiger partial charge in [-0.1, -0.05) is 30.7 Å². The van der Waals surface area contributed by atoms with Crippen molar-refractivity contribution in [2.75, 3.05) is 5.75 Å². The molecule has 2 rings (SSSR count). The second kappa shape index (κ2) is 5.80. The van der Waals surface area contributed by atoms with Crippen LogP contribution >= 0.6 is 23.4 Å². The number of halogens is 1. The van der Waals surface area contributed by atoms with E-state index in [2.05, 4.69) is 4.98 Å². The van der Waals surface area contributed by atoms with Gasteiger partial charge in [0.15, 0.2) is 0 Å². The Morgan fingerprint density at radius 2 is 2.21 bits per heavy atom. The Bertz CT molecular complexity index is 643. The average molecular weight is 295 g/mol.